The monoisotopic (exact) mass is 253 g/mol. The first-order chi connectivity index (χ1) is 7.91. The second-order valence-corrected chi connectivity index (χ2v) is 5.50. The number of anilines is 2. The summed E-state index contributed by atoms with van der Waals surface area (Å²) >= 11 is 0. The Morgan fingerprint density at radius 2 is 2.00 bits per heavy atom. The first-order valence-electron chi connectivity index (χ1n) is 4.64. The van der Waals surface area contributed by atoms with Gasteiger partial charge in [-0.2, -0.15) is 5.10 Å². The fraction of sp³-hybridized carbons (Fsp3) is 0.111. The van der Waals surface area contributed by atoms with Gasteiger partial charge in [-0.15, -0.1) is 0 Å². The van der Waals surface area contributed by atoms with Gasteiger partial charge in [-0.25, -0.2) is 13.1 Å². The molecule has 0 bridgehead atoms. The lowest BCUT2D eigenvalue weighted by atomic mass is 10.4. The highest BCUT2D eigenvalue weighted by molar-refractivity contribution is 7.90. The lowest BCUT2D eigenvalue weighted by Crippen LogP contribution is -2.09. The van der Waals surface area contributed by atoms with E-state index in [0.717, 1.165) is 6.26 Å². The van der Waals surface area contributed by atoms with Crippen LogP contribution in [0.4, 0.5) is 11.5 Å². The number of nitrogens with two attached hydrogens (primary N) is 2. The van der Waals surface area contributed by atoms with E-state index in [1.165, 1.54) is 29.3 Å². The smallest absolute Gasteiger partial charge is 0.179 e. The van der Waals surface area contributed by atoms with Crippen LogP contribution < -0.4 is 11.5 Å². The molecule has 0 aliphatic heterocycles. The molecule has 8 heteroatoms. The van der Waals surface area contributed by atoms with E-state index < -0.39 is 9.84 Å². The van der Waals surface area contributed by atoms with Gasteiger partial charge in [-0.05, 0) is 6.07 Å². The molecule has 90 valence electrons. The molecule has 2 aromatic rings. The van der Waals surface area contributed by atoms with Gasteiger partial charge in [0.1, 0.15) is 4.90 Å². The minimum absolute atomic E-state index is 0.0507. The molecule has 0 atom stereocenters. The topological polar surface area (TPSA) is 117 Å². The Bertz CT molecular complexity index is 662. The van der Waals surface area contributed by atoms with Gasteiger partial charge in [0.15, 0.2) is 15.7 Å². The quantitative estimate of drug-likeness (QED) is 0.767. The van der Waals surface area contributed by atoms with E-state index in [2.05, 4.69) is 10.1 Å². The van der Waals surface area contributed by atoms with E-state index >= 15 is 0 Å². The van der Waals surface area contributed by atoms with Crippen LogP contribution in [0.2, 0.25) is 0 Å². The van der Waals surface area contributed by atoms with Gasteiger partial charge in [0.25, 0.3) is 0 Å². The van der Waals surface area contributed by atoms with E-state index in [1.54, 1.807) is 0 Å². The first-order valence-corrected chi connectivity index (χ1v) is 6.54. The third-order valence-corrected chi connectivity index (χ3v) is 3.34. The van der Waals surface area contributed by atoms with Crippen molar-refractivity contribution < 1.29 is 8.42 Å². The van der Waals surface area contributed by atoms with Gasteiger partial charge in [0.2, 0.25) is 0 Å². The molecule has 0 aromatic carbocycles. The third kappa shape index (κ3) is 1.94. The number of sulfone groups is 1. The second kappa shape index (κ2) is 3.74. The summed E-state index contributed by atoms with van der Waals surface area (Å²) in [6.45, 7) is 0. The summed E-state index contributed by atoms with van der Waals surface area (Å²) in [4.78, 5) is 3.83. The third-order valence-electron chi connectivity index (χ3n) is 2.23. The standard InChI is InChI=1S/C9H11N5O2S/c1-17(15,16)8-5-12-3-2-7(8)14-9(11)6(10)4-13-14/h2-5H,10-11H2,1H3. The molecule has 7 nitrogen and oxygen atoms in total. The van der Waals surface area contributed by atoms with E-state index in [0.29, 0.717) is 11.4 Å². The zero-order valence-corrected chi connectivity index (χ0v) is 9.85. The van der Waals surface area contributed by atoms with E-state index in [1.807, 2.05) is 0 Å². The maximum absolute atomic E-state index is 11.6. The van der Waals surface area contributed by atoms with E-state index in [9.17, 15) is 8.42 Å². The molecule has 0 radical (unpaired) electrons. The van der Waals surface area contributed by atoms with Gasteiger partial charge in [-0.1, -0.05) is 0 Å². The van der Waals surface area contributed by atoms with Crippen LogP contribution in [0.25, 0.3) is 5.69 Å². The van der Waals surface area contributed by atoms with E-state index in [4.69, 9.17) is 11.5 Å². The van der Waals surface area contributed by atoms with Crippen molar-refractivity contribution in [3.05, 3.63) is 24.7 Å². The molecule has 2 aromatic heterocycles. The number of nitrogens with zero attached hydrogens (tertiary/aromatic N) is 3. The Morgan fingerprint density at radius 3 is 2.53 bits per heavy atom. The van der Waals surface area contributed by atoms with Crippen molar-refractivity contribution in [3.63, 3.8) is 0 Å². The van der Waals surface area contributed by atoms with Gasteiger partial charge in [0, 0.05) is 18.6 Å². The highest BCUT2D eigenvalue weighted by Gasteiger charge is 2.17. The Balaban J connectivity index is 2.73. The molecular formula is C9H11N5O2S. The number of aromatic nitrogens is 3. The summed E-state index contributed by atoms with van der Waals surface area (Å²) in [5.74, 6) is 0.195. The van der Waals surface area contributed by atoms with Crippen molar-refractivity contribution in [2.24, 2.45) is 0 Å². The maximum Gasteiger partial charge on any atom is 0.179 e. The number of nitrogen functional groups attached to an aromatic ring is 2. The lowest BCUT2D eigenvalue weighted by Gasteiger charge is -2.08. The number of rotatable bonds is 2. The van der Waals surface area contributed by atoms with E-state index in [-0.39, 0.29) is 10.7 Å². The highest BCUT2D eigenvalue weighted by atomic mass is 32.2. The lowest BCUT2D eigenvalue weighted by molar-refractivity contribution is 0.600. The minimum Gasteiger partial charge on any atom is -0.394 e. The van der Waals surface area contributed by atoms with Gasteiger partial charge in [-0.3, -0.25) is 4.98 Å². The average molecular weight is 253 g/mol. The SMILES string of the molecule is CS(=O)(=O)c1cnccc1-n1ncc(N)c1N. The molecule has 0 amide bonds. The molecule has 2 rings (SSSR count). The number of pyridine rings is 1. The Morgan fingerprint density at radius 1 is 1.29 bits per heavy atom. The Kier molecular flexibility index (Phi) is 2.50. The second-order valence-electron chi connectivity index (χ2n) is 3.51. The molecule has 0 unspecified atom stereocenters. The maximum atomic E-state index is 11.6. The summed E-state index contributed by atoms with van der Waals surface area (Å²) in [5, 5.41) is 3.93. The van der Waals surface area contributed by atoms with Crippen molar-refractivity contribution in [3.8, 4) is 5.69 Å². The van der Waals surface area contributed by atoms with Crippen LogP contribution in [0.3, 0.4) is 0 Å². The molecule has 0 spiro atoms. The van der Waals surface area contributed by atoms with Crippen LogP contribution in [0.1, 0.15) is 0 Å². The fourth-order valence-electron chi connectivity index (χ4n) is 1.40. The predicted molar refractivity (Wildman–Crippen MR) is 63.3 cm³/mol. The van der Waals surface area contributed by atoms with Gasteiger partial charge in [0.05, 0.1) is 17.6 Å². The molecule has 0 aliphatic carbocycles. The predicted octanol–water partition coefficient (Wildman–Crippen LogP) is -0.165. The van der Waals surface area contributed by atoms with Crippen LogP contribution in [0, 0.1) is 0 Å². The normalized spacial score (nSPS) is 11.6. The van der Waals surface area contributed by atoms with Crippen LogP contribution in [-0.2, 0) is 9.84 Å². The van der Waals surface area contributed by atoms with Gasteiger partial charge >= 0.3 is 0 Å². The summed E-state index contributed by atoms with van der Waals surface area (Å²) in [6, 6.07) is 1.51. The summed E-state index contributed by atoms with van der Waals surface area (Å²) in [5.41, 5.74) is 11.9. The highest BCUT2D eigenvalue weighted by Crippen LogP contribution is 2.23. The molecule has 17 heavy (non-hydrogen) atoms. The molecule has 2 heterocycles. The van der Waals surface area contributed by atoms with Crippen molar-refractivity contribution in [1.29, 1.82) is 0 Å². The van der Waals surface area contributed by atoms with Crippen LogP contribution in [-0.4, -0.2) is 29.4 Å². The average Bonchev–Trinajstić information content (AvgIpc) is 2.59. The summed E-state index contributed by atoms with van der Waals surface area (Å²) < 4.78 is 24.5. The zero-order chi connectivity index (χ0) is 12.6. The molecule has 0 aliphatic rings. The zero-order valence-electron chi connectivity index (χ0n) is 9.03. The number of hydrogen-bond donors (Lipinski definition) is 2. The summed E-state index contributed by atoms with van der Waals surface area (Å²) in [7, 11) is -3.41. The van der Waals surface area contributed by atoms with Crippen LogP contribution in [0.15, 0.2) is 29.6 Å². The molecule has 0 saturated carbocycles. The van der Waals surface area contributed by atoms with Crippen molar-refractivity contribution in [1.82, 2.24) is 14.8 Å². The molecule has 4 N–H and O–H groups in total. The molecule has 0 saturated heterocycles. The Labute approximate surface area is 98.0 Å². The largest absolute Gasteiger partial charge is 0.394 e. The van der Waals surface area contributed by atoms with Crippen molar-refractivity contribution in [2.45, 2.75) is 4.90 Å². The van der Waals surface area contributed by atoms with Crippen molar-refractivity contribution >= 4 is 21.3 Å². The fourth-order valence-corrected chi connectivity index (χ4v) is 2.18. The summed E-state index contributed by atoms with van der Waals surface area (Å²) in [6.07, 6.45) is 5.17. The Hall–Kier alpha value is -2.09. The molecule has 0 fully saturated rings. The molecular weight excluding hydrogens is 242 g/mol. The van der Waals surface area contributed by atoms with Crippen LogP contribution in [0.5, 0.6) is 0 Å². The van der Waals surface area contributed by atoms with Crippen molar-refractivity contribution in [2.75, 3.05) is 17.7 Å². The van der Waals surface area contributed by atoms with Gasteiger partial charge < -0.3 is 11.5 Å². The minimum atomic E-state index is -3.41. The van der Waals surface area contributed by atoms with Crippen LogP contribution >= 0.6 is 0 Å². The first kappa shape index (κ1) is 11.4. The number of hydrogen-bond acceptors (Lipinski definition) is 6.